The van der Waals surface area contributed by atoms with Gasteiger partial charge in [-0.3, -0.25) is 4.79 Å². The molecule has 0 saturated heterocycles. The van der Waals surface area contributed by atoms with E-state index in [2.05, 4.69) is 0 Å². The summed E-state index contributed by atoms with van der Waals surface area (Å²) in [4.78, 5) is 14.6. The summed E-state index contributed by atoms with van der Waals surface area (Å²) in [5, 5.41) is 0. The minimum Gasteiger partial charge on any atom is -0.378 e. The Morgan fingerprint density at radius 2 is 1.89 bits per heavy atom. The van der Waals surface area contributed by atoms with Crippen molar-refractivity contribution in [1.82, 2.24) is 0 Å². The number of anilines is 1. The molecule has 0 amide bonds. The molecule has 2 rings (SSSR count). The molecular weight excluding hydrogens is 238 g/mol. The molecule has 1 aromatic carbocycles. The summed E-state index contributed by atoms with van der Waals surface area (Å²) in [6.45, 7) is 0. The van der Waals surface area contributed by atoms with E-state index < -0.39 is 5.54 Å². The van der Waals surface area contributed by atoms with Crippen LogP contribution in [0.3, 0.4) is 0 Å². The van der Waals surface area contributed by atoms with Gasteiger partial charge in [0, 0.05) is 31.4 Å². The van der Waals surface area contributed by atoms with E-state index >= 15 is 0 Å². The Balaban J connectivity index is 2.23. The van der Waals surface area contributed by atoms with Crippen LogP contribution in [-0.4, -0.2) is 31.5 Å². The molecule has 19 heavy (non-hydrogen) atoms. The van der Waals surface area contributed by atoms with E-state index in [1.807, 2.05) is 43.3 Å². The van der Waals surface area contributed by atoms with Gasteiger partial charge < -0.3 is 16.4 Å². The number of nitrogens with zero attached hydrogens (tertiary/aromatic N) is 1. The molecule has 1 aliphatic carbocycles. The van der Waals surface area contributed by atoms with Crippen LogP contribution in [0.1, 0.15) is 36.0 Å². The van der Waals surface area contributed by atoms with Gasteiger partial charge in [0.25, 0.3) is 0 Å². The van der Waals surface area contributed by atoms with Crippen LogP contribution in [0.25, 0.3) is 0 Å². The molecular formula is C15H23N3O. The Labute approximate surface area is 114 Å². The van der Waals surface area contributed by atoms with Gasteiger partial charge >= 0.3 is 0 Å². The van der Waals surface area contributed by atoms with Gasteiger partial charge in [-0.15, -0.1) is 0 Å². The fourth-order valence-corrected chi connectivity index (χ4v) is 2.69. The molecule has 1 aliphatic rings. The topological polar surface area (TPSA) is 72.3 Å². The van der Waals surface area contributed by atoms with Gasteiger partial charge in [-0.25, -0.2) is 0 Å². The van der Waals surface area contributed by atoms with E-state index in [1.165, 1.54) is 0 Å². The normalized spacial score (nSPS) is 27.1. The molecule has 2 atom stereocenters. The van der Waals surface area contributed by atoms with Gasteiger partial charge in [0.05, 0.1) is 5.54 Å². The summed E-state index contributed by atoms with van der Waals surface area (Å²) in [6, 6.07) is 7.32. The van der Waals surface area contributed by atoms with Crippen molar-refractivity contribution >= 4 is 11.5 Å². The van der Waals surface area contributed by atoms with Crippen molar-refractivity contribution in [3.05, 3.63) is 29.8 Å². The third-order valence-electron chi connectivity index (χ3n) is 4.09. The van der Waals surface area contributed by atoms with Crippen LogP contribution in [0.2, 0.25) is 0 Å². The third-order valence-corrected chi connectivity index (χ3v) is 4.09. The predicted octanol–water partition coefficient (Wildman–Crippen LogP) is 1.53. The summed E-state index contributed by atoms with van der Waals surface area (Å²) < 4.78 is 0. The Hall–Kier alpha value is -1.39. The molecule has 0 radical (unpaired) electrons. The van der Waals surface area contributed by atoms with Crippen molar-refractivity contribution in [2.45, 2.75) is 37.3 Å². The van der Waals surface area contributed by atoms with Crippen LogP contribution in [0, 0.1) is 0 Å². The number of ketones is 1. The minimum atomic E-state index is -0.891. The summed E-state index contributed by atoms with van der Waals surface area (Å²) in [7, 11) is 3.94. The Morgan fingerprint density at radius 3 is 2.42 bits per heavy atom. The van der Waals surface area contributed by atoms with Crippen molar-refractivity contribution in [3.63, 3.8) is 0 Å². The van der Waals surface area contributed by atoms with Gasteiger partial charge in [-0.1, -0.05) is 12.8 Å². The summed E-state index contributed by atoms with van der Waals surface area (Å²) in [5.41, 5.74) is 13.2. The van der Waals surface area contributed by atoms with Crippen molar-refractivity contribution < 1.29 is 4.79 Å². The maximum absolute atomic E-state index is 12.6. The quantitative estimate of drug-likeness (QED) is 0.809. The van der Waals surface area contributed by atoms with Gasteiger partial charge in [0.2, 0.25) is 0 Å². The average Bonchev–Trinajstić information content (AvgIpc) is 2.41. The largest absolute Gasteiger partial charge is 0.378 e. The second kappa shape index (κ2) is 5.31. The van der Waals surface area contributed by atoms with E-state index in [-0.39, 0.29) is 11.8 Å². The molecule has 0 aromatic heterocycles. The predicted molar refractivity (Wildman–Crippen MR) is 78.5 cm³/mol. The number of hydrogen-bond acceptors (Lipinski definition) is 4. The molecule has 0 heterocycles. The highest BCUT2D eigenvalue weighted by atomic mass is 16.1. The van der Waals surface area contributed by atoms with Crippen molar-refractivity contribution in [2.75, 3.05) is 19.0 Å². The van der Waals surface area contributed by atoms with Crippen LogP contribution in [0.5, 0.6) is 0 Å². The zero-order chi connectivity index (χ0) is 14.0. The fraction of sp³-hybridized carbons (Fsp3) is 0.533. The second-order valence-electron chi connectivity index (χ2n) is 5.66. The van der Waals surface area contributed by atoms with Crippen LogP contribution >= 0.6 is 0 Å². The van der Waals surface area contributed by atoms with E-state index in [1.54, 1.807) is 0 Å². The second-order valence-corrected chi connectivity index (χ2v) is 5.66. The number of rotatable bonds is 3. The Kier molecular flexibility index (Phi) is 3.92. The van der Waals surface area contributed by atoms with Crippen LogP contribution in [-0.2, 0) is 0 Å². The molecule has 0 aliphatic heterocycles. The number of nitrogens with two attached hydrogens (primary N) is 2. The van der Waals surface area contributed by atoms with Crippen LogP contribution in [0.4, 0.5) is 5.69 Å². The van der Waals surface area contributed by atoms with Gasteiger partial charge in [0.1, 0.15) is 0 Å². The van der Waals surface area contributed by atoms with Crippen molar-refractivity contribution in [2.24, 2.45) is 11.5 Å². The Morgan fingerprint density at radius 1 is 1.26 bits per heavy atom. The maximum Gasteiger partial charge on any atom is 0.184 e. The number of benzene rings is 1. The minimum absolute atomic E-state index is 0.0231. The monoisotopic (exact) mass is 261 g/mol. The highest BCUT2D eigenvalue weighted by molar-refractivity contribution is 6.04. The first-order valence-corrected chi connectivity index (χ1v) is 6.82. The number of carbonyl (C=O) groups excluding carboxylic acids is 1. The van der Waals surface area contributed by atoms with Gasteiger partial charge in [-0.2, -0.15) is 0 Å². The van der Waals surface area contributed by atoms with Gasteiger partial charge in [-0.05, 0) is 37.1 Å². The zero-order valence-electron chi connectivity index (χ0n) is 11.7. The molecule has 4 heteroatoms. The molecule has 4 N–H and O–H groups in total. The zero-order valence-corrected chi connectivity index (χ0v) is 11.7. The standard InChI is InChI=1S/C15H23N3O/c1-18(2)12-8-6-11(7-9-12)14(19)15(17)10-4-3-5-13(15)16/h6-9,13H,3-5,10,16-17H2,1-2H3. The first-order chi connectivity index (χ1) is 8.95. The summed E-state index contributed by atoms with van der Waals surface area (Å²) in [5.74, 6) is -0.0231. The highest BCUT2D eigenvalue weighted by Crippen LogP contribution is 2.29. The summed E-state index contributed by atoms with van der Waals surface area (Å²) >= 11 is 0. The molecule has 1 saturated carbocycles. The van der Waals surface area contributed by atoms with Crippen molar-refractivity contribution in [1.29, 1.82) is 0 Å². The summed E-state index contributed by atoms with van der Waals surface area (Å²) in [6.07, 6.45) is 3.55. The lowest BCUT2D eigenvalue weighted by Crippen LogP contribution is -2.62. The van der Waals surface area contributed by atoms with E-state index in [4.69, 9.17) is 11.5 Å². The number of carbonyl (C=O) groups is 1. The number of hydrogen-bond donors (Lipinski definition) is 2. The molecule has 1 fully saturated rings. The van der Waals surface area contributed by atoms with E-state index in [0.29, 0.717) is 12.0 Å². The molecule has 1 aromatic rings. The third kappa shape index (κ3) is 2.65. The van der Waals surface area contributed by atoms with Gasteiger partial charge in [0.15, 0.2) is 5.78 Å². The lowest BCUT2D eigenvalue weighted by Gasteiger charge is -2.37. The molecule has 0 spiro atoms. The average molecular weight is 261 g/mol. The van der Waals surface area contributed by atoms with Crippen LogP contribution < -0.4 is 16.4 Å². The van der Waals surface area contributed by atoms with E-state index in [0.717, 1.165) is 24.9 Å². The van der Waals surface area contributed by atoms with Crippen molar-refractivity contribution in [3.8, 4) is 0 Å². The maximum atomic E-state index is 12.6. The molecule has 104 valence electrons. The highest BCUT2D eigenvalue weighted by Gasteiger charge is 2.41. The Bertz CT molecular complexity index is 455. The lowest BCUT2D eigenvalue weighted by atomic mass is 9.74. The van der Waals surface area contributed by atoms with Crippen LogP contribution in [0.15, 0.2) is 24.3 Å². The molecule has 2 unspecified atom stereocenters. The first kappa shape index (κ1) is 14.0. The lowest BCUT2D eigenvalue weighted by molar-refractivity contribution is 0.0823. The van der Waals surface area contributed by atoms with E-state index in [9.17, 15) is 4.79 Å². The molecule has 4 nitrogen and oxygen atoms in total. The smallest absolute Gasteiger partial charge is 0.184 e. The molecule has 0 bridgehead atoms. The SMILES string of the molecule is CN(C)c1ccc(C(=O)C2(N)CCCCC2N)cc1. The fourth-order valence-electron chi connectivity index (χ4n) is 2.69. The number of Topliss-reactive ketones (excluding diaryl/α,β-unsaturated/α-hetero) is 1. The first-order valence-electron chi connectivity index (χ1n) is 6.82.